The molecule has 3 unspecified atom stereocenters. The van der Waals surface area contributed by atoms with Crippen LogP contribution >= 0.6 is 0 Å². The van der Waals surface area contributed by atoms with E-state index in [0.29, 0.717) is 5.92 Å². The van der Waals surface area contributed by atoms with E-state index in [-0.39, 0.29) is 17.8 Å². The highest BCUT2D eigenvalue weighted by atomic mass is 16.5. The van der Waals surface area contributed by atoms with Gasteiger partial charge in [0.15, 0.2) is 0 Å². The van der Waals surface area contributed by atoms with Crippen LogP contribution in [0.1, 0.15) is 58.3 Å². The molecule has 1 saturated heterocycles. The predicted octanol–water partition coefficient (Wildman–Crippen LogP) is 2.90. The Kier molecular flexibility index (Phi) is 5.05. The van der Waals surface area contributed by atoms with Crippen molar-refractivity contribution in [3.8, 4) is 0 Å². The Hall–Kier alpha value is -0.120. The van der Waals surface area contributed by atoms with Gasteiger partial charge in [0.2, 0.25) is 0 Å². The molecule has 3 atom stereocenters. The number of aliphatic hydroxyl groups is 1. The zero-order valence-corrected chi connectivity index (χ0v) is 11.9. The molecule has 1 saturated carbocycles. The van der Waals surface area contributed by atoms with Crippen LogP contribution in [0.4, 0.5) is 0 Å². The Labute approximate surface area is 111 Å². The summed E-state index contributed by atoms with van der Waals surface area (Å²) >= 11 is 0. The second-order valence-corrected chi connectivity index (χ2v) is 6.04. The summed E-state index contributed by atoms with van der Waals surface area (Å²) in [4.78, 5) is 0. The van der Waals surface area contributed by atoms with E-state index < -0.39 is 0 Å². The molecule has 0 bridgehead atoms. The molecule has 0 aromatic carbocycles. The van der Waals surface area contributed by atoms with Crippen molar-refractivity contribution in [1.82, 2.24) is 0 Å². The fourth-order valence-corrected chi connectivity index (χ4v) is 3.74. The average molecular weight is 256 g/mol. The van der Waals surface area contributed by atoms with E-state index >= 15 is 0 Å². The van der Waals surface area contributed by atoms with E-state index in [9.17, 15) is 5.11 Å². The van der Waals surface area contributed by atoms with Crippen molar-refractivity contribution in [3.63, 3.8) is 0 Å². The molecule has 0 amide bonds. The maximum atomic E-state index is 10.5. The lowest BCUT2D eigenvalue weighted by molar-refractivity contribution is -0.133. The molecular formula is C15H28O3. The first-order valence-corrected chi connectivity index (χ1v) is 7.55. The van der Waals surface area contributed by atoms with Crippen LogP contribution in [0.3, 0.4) is 0 Å². The van der Waals surface area contributed by atoms with Crippen molar-refractivity contribution in [2.45, 2.75) is 76.1 Å². The molecular weight excluding hydrogens is 228 g/mol. The van der Waals surface area contributed by atoms with Crippen LogP contribution in [0.5, 0.6) is 0 Å². The van der Waals surface area contributed by atoms with Crippen molar-refractivity contribution < 1.29 is 14.6 Å². The van der Waals surface area contributed by atoms with Crippen molar-refractivity contribution in [1.29, 1.82) is 0 Å². The van der Waals surface area contributed by atoms with E-state index in [4.69, 9.17) is 9.47 Å². The van der Waals surface area contributed by atoms with Crippen molar-refractivity contribution >= 4 is 0 Å². The Morgan fingerprint density at radius 3 is 2.72 bits per heavy atom. The van der Waals surface area contributed by atoms with Gasteiger partial charge in [-0.15, -0.1) is 0 Å². The highest BCUT2D eigenvalue weighted by molar-refractivity contribution is 4.94. The molecule has 3 heteroatoms. The highest BCUT2D eigenvalue weighted by Gasteiger charge is 2.43. The monoisotopic (exact) mass is 256 g/mol. The first-order valence-electron chi connectivity index (χ1n) is 7.55. The topological polar surface area (TPSA) is 38.7 Å². The lowest BCUT2D eigenvalue weighted by atomic mass is 9.79. The summed E-state index contributed by atoms with van der Waals surface area (Å²) in [6.45, 7) is 2.95. The zero-order valence-electron chi connectivity index (χ0n) is 11.9. The average Bonchev–Trinajstić information content (AvgIpc) is 2.83. The molecule has 2 rings (SSSR count). The summed E-state index contributed by atoms with van der Waals surface area (Å²) < 4.78 is 11.5. The number of hydrogen-bond acceptors (Lipinski definition) is 3. The van der Waals surface area contributed by atoms with E-state index in [1.54, 1.807) is 7.11 Å². The molecule has 0 radical (unpaired) electrons. The number of aliphatic hydroxyl groups excluding tert-OH is 1. The van der Waals surface area contributed by atoms with Crippen LogP contribution in [-0.2, 0) is 9.47 Å². The second kappa shape index (κ2) is 6.36. The van der Waals surface area contributed by atoms with Crippen LogP contribution in [0, 0.1) is 5.92 Å². The van der Waals surface area contributed by atoms with Crippen LogP contribution in [0.2, 0.25) is 0 Å². The van der Waals surface area contributed by atoms with Crippen LogP contribution < -0.4 is 0 Å². The minimum absolute atomic E-state index is 0.00319. The third kappa shape index (κ3) is 3.06. The Morgan fingerprint density at radius 2 is 2.11 bits per heavy atom. The Balaban J connectivity index is 1.94. The highest BCUT2D eigenvalue weighted by Crippen LogP contribution is 2.43. The molecule has 1 spiro atoms. The standard InChI is InChI=1S/C15H28O3/c1-3-6-13(17-2)14(16)12-7-10-18-15(11-12)8-4-5-9-15/h12-14,16H,3-11H2,1-2H3. The quantitative estimate of drug-likeness (QED) is 0.822. The van der Waals surface area contributed by atoms with Gasteiger partial charge in [-0.25, -0.2) is 0 Å². The van der Waals surface area contributed by atoms with Gasteiger partial charge in [0, 0.05) is 13.7 Å². The van der Waals surface area contributed by atoms with Gasteiger partial charge < -0.3 is 14.6 Å². The Morgan fingerprint density at radius 1 is 1.39 bits per heavy atom. The summed E-state index contributed by atoms with van der Waals surface area (Å²) in [5, 5.41) is 10.5. The lowest BCUT2D eigenvalue weighted by Crippen LogP contribution is -2.45. The molecule has 0 aromatic heterocycles. The Bertz CT molecular complexity index is 248. The zero-order chi connectivity index (χ0) is 13.0. The smallest absolute Gasteiger partial charge is 0.0832 e. The fraction of sp³-hybridized carbons (Fsp3) is 1.00. The number of methoxy groups -OCH3 is 1. The molecule has 1 N–H and O–H groups in total. The fourth-order valence-electron chi connectivity index (χ4n) is 3.74. The van der Waals surface area contributed by atoms with E-state index in [1.807, 2.05) is 0 Å². The lowest BCUT2D eigenvalue weighted by Gasteiger charge is -2.41. The summed E-state index contributed by atoms with van der Waals surface area (Å²) in [5.74, 6) is 0.355. The molecule has 1 heterocycles. The largest absolute Gasteiger partial charge is 0.390 e. The van der Waals surface area contributed by atoms with Crippen LogP contribution in [0.25, 0.3) is 0 Å². The molecule has 1 aliphatic carbocycles. The first-order chi connectivity index (χ1) is 8.71. The van der Waals surface area contributed by atoms with Gasteiger partial charge in [0.05, 0.1) is 17.8 Å². The van der Waals surface area contributed by atoms with Crippen LogP contribution in [-0.4, -0.2) is 36.6 Å². The molecule has 18 heavy (non-hydrogen) atoms. The van der Waals surface area contributed by atoms with Gasteiger partial charge in [-0.05, 0) is 38.0 Å². The van der Waals surface area contributed by atoms with Gasteiger partial charge in [0.25, 0.3) is 0 Å². The molecule has 106 valence electrons. The second-order valence-electron chi connectivity index (χ2n) is 6.04. The van der Waals surface area contributed by atoms with Crippen molar-refractivity contribution in [3.05, 3.63) is 0 Å². The SMILES string of the molecule is CCCC(OC)C(O)C1CCOC2(CCCC2)C1. The summed E-state index contributed by atoms with van der Waals surface area (Å²) in [5.41, 5.74) is 0.0917. The number of hydrogen-bond donors (Lipinski definition) is 1. The first kappa shape index (κ1) is 14.3. The molecule has 3 nitrogen and oxygen atoms in total. The van der Waals surface area contributed by atoms with Crippen LogP contribution in [0.15, 0.2) is 0 Å². The summed E-state index contributed by atoms with van der Waals surface area (Å²) in [6, 6.07) is 0. The normalized spacial score (nSPS) is 30.5. The molecule has 1 aliphatic heterocycles. The maximum absolute atomic E-state index is 10.5. The molecule has 2 aliphatic rings. The van der Waals surface area contributed by atoms with Gasteiger partial charge in [-0.2, -0.15) is 0 Å². The molecule has 2 fully saturated rings. The van der Waals surface area contributed by atoms with Crippen molar-refractivity contribution in [2.24, 2.45) is 5.92 Å². The maximum Gasteiger partial charge on any atom is 0.0832 e. The minimum atomic E-state index is -0.323. The van der Waals surface area contributed by atoms with E-state index in [2.05, 4.69) is 6.92 Å². The predicted molar refractivity (Wildman–Crippen MR) is 71.6 cm³/mol. The third-order valence-corrected chi connectivity index (χ3v) is 4.79. The van der Waals surface area contributed by atoms with Gasteiger partial charge >= 0.3 is 0 Å². The third-order valence-electron chi connectivity index (χ3n) is 4.79. The minimum Gasteiger partial charge on any atom is -0.390 e. The van der Waals surface area contributed by atoms with Gasteiger partial charge in [-0.3, -0.25) is 0 Å². The van der Waals surface area contributed by atoms with E-state index in [1.165, 1.54) is 25.7 Å². The van der Waals surface area contributed by atoms with Crippen molar-refractivity contribution in [2.75, 3.05) is 13.7 Å². The van der Waals surface area contributed by atoms with Gasteiger partial charge in [0.1, 0.15) is 0 Å². The number of ether oxygens (including phenoxy) is 2. The van der Waals surface area contributed by atoms with E-state index in [0.717, 1.165) is 32.3 Å². The van der Waals surface area contributed by atoms with Gasteiger partial charge in [-0.1, -0.05) is 26.2 Å². The molecule has 0 aromatic rings. The number of rotatable bonds is 5. The summed E-state index contributed by atoms with van der Waals surface area (Å²) in [6.07, 6.45) is 8.61. The summed E-state index contributed by atoms with van der Waals surface area (Å²) in [7, 11) is 1.72.